The van der Waals surface area contributed by atoms with E-state index < -0.39 is 48.0 Å². The SMILES string of the molecule is O=[N+]([O-])c1cccc(S(=O)(=O)N2CCN(c3cc(Cl)c(C(F)(F)F)cc3[N+](=O)[O-])CC2)c1. The van der Waals surface area contributed by atoms with E-state index in [1.807, 2.05) is 0 Å². The summed E-state index contributed by atoms with van der Waals surface area (Å²) in [6.45, 7) is -0.449. The third-order valence-electron chi connectivity index (χ3n) is 4.81. The summed E-state index contributed by atoms with van der Waals surface area (Å²) in [5.41, 5.74) is -2.72. The fourth-order valence-corrected chi connectivity index (χ4v) is 4.97. The van der Waals surface area contributed by atoms with Gasteiger partial charge in [0, 0.05) is 44.4 Å². The van der Waals surface area contributed by atoms with Crippen LogP contribution in [0.1, 0.15) is 5.56 Å². The second-order valence-corrected chi connectivity index (χ2v) is 9.07. The molecule has 0 radical (unpaired) electrons. The zero-order valence-electron chi connectivity index (χ0n) is 16.0. The van der Waals surface area contributed by atoms with Crippen LogP contribution in [0, 0.1) is 20.2 Å². The van der Waals surface area contributed by atoms with E-state index >= 15 is 0 Å². The van der Waals surface area contributed by atoms with Crippen molar-refractivity contribution in [2.75, 3.05) is 31.1 Å². The number of anilines is 1. The standard InChI is InChI=1S/C17H14ClF3N4O6S/c18-14-10-15(16(25(28)29)9-13(14)17(19,20)21)22-4-6-23(7-5-22)32(30,31)12-3-1-2-11(8-12)24(26)27/h1-3,8-10H,4-7H2. The average molecular weight is 495 g/mol. The zero-order valence-corrected chi connectivity index (χ0v) is 17.5. The minimum Gasteiger partial charge on any atom is -0.363 e. The minimum absolute atomic E-state index is 0.0727. The fraction of sp³-hybridized carbons (Fsp3) is 0.294. The van der Waals surface area contributed by atoms with Gasteiger partial charge in [-0.25, -0.2) is 8.42 Å². The average Bonchev–Trinajstić information content (AvgIpc) is 2.72. The Balaban J connectivity index is 1.86. The van der Waals surface area contributed by atoms with Crippen molar-refractivity contribution in [2.24, 2.45) is 0 Å². The highest BCUT2D eigenvalue weighted by molar-refractivity contribution is 7.89. The Kier molecular flexibility index (Phi) is 6.31. The van der Waals surface area contributed by atoms with Crippen molar-refractivity contribution in [2.45, 2.75) is 11.1 Å². The molecule has 0 aliphatic carbocycles. The van der Waals surface area contributed by atoms with Crippen molar-refractivity contribution >= 4 is 38.7 Å². The summed E-state index contributed by atoms with van der Waals surface area (Å²) in [5.74, 6) is 0. The number of hydrogen-bond donors (Lipinski definition) is 0. The molecule has 0 bridgehead atoms. The molecule has 15 heteroatoms. The summed E-state index contributed by atoms with van der Waals surface area (Å²) < 4.78 is 65.8. The quantitative estimate of drug-likeness (QED) is 0.458. The van der Waals surface area contributed by atoms with Crippen LogP contribution in [0.4, 0.5) is 30.2 Å². The molecule has 1 fully saturated rings. The maximum atomic E-state index is 13.1. The van der Waals surface area contributed by atoms with Crippen LogP contribution in [0.5, 0.6) is 0 Å². The first-order chi connectivity index (χ1) is 14.8. The van der Waals surface area contributed by atoms with Crippen molar-refractivity contribution in [3.05, 3.63) is 67.2 Å². The molecule has 2 aromatic rings. The summed E-state index contributed by atoms with van der Waals surface area (Å²) in [5, 5.41) is 21.6. The lowest BCUT2D eigenvalue weighted by Gasteiger charge is -2.35. The normalized spacial score (nSPS) is 15.6. The van der Waals surface area contributed by atoms with Gasteiger partial charge < -0.3 is 4.90 Å². The zero-order chi connectivity index (χ0) is 23.8. The Morgan fingerprint density at radius 1 is 0.969 bits per heavy atom. The van der Waals surface area contributed by atoms with Gasteiger partial charge in [0.2, 0.25) is 10.0 Å². The first-order valence-electron chi connectivity index (χ1n) is 8.87. The molecule has 2 aromatic carbocycles. The minimum atomic E-state index is -4.88. The number of nitro benzene ring substituents is 2. The Bertz CT molecular complexity index is 1180. The van der Waals surface area contributed by atoms with Gasteiger partial charge in [-0.3, -0.25) is 20.2 Å². The number of hydrogen-bond acceptors (Lipinski definition) is 7. The summed E-state index contributed by atoms with van der Waals surface area (Å²) in [4.78, 5) is 21.6. The van der Waals surface area contributed by atoms with Gasteiger partial charge in [-0.2, -0.15) is 17.5 Å². The first-order valence-corrected chi connectivity index (χ1v) is 10.7. The fourth-order valence-electron chi connectivity index (χ4n) is 3.24. The molecule has 172 valence electrons. The highest BCUT2D eigenvalue weighted by Crippen LogP contribution is 2.41. The molecule has 32 heavy (non-hydrogen) atoms. The van der Waals surface area contributed by atoms with Crippen LogP contribution in [0.2, 0.25) is 5.02 Å². The third kappa shape index (κ3) is 4.61. The smallest absolute Gasteiger partial charge is 0.363 e. The maximum absolute atomic E-state index is 13.1. The molecule has 0 N–H and O–H groups in total. The van der Waals surface area contributed by atoms with E-state index in [-0.39, 0.29) is 36.8 Å². The molecule has 1 saturated heterocycles. The number of nitrogens with zero attached hydrogens (tertiary/aromatic N) is 4. The van der Waals surface area contributed by atoms with Gasteiger partial charge in [0.15, 0.2) is 0 Å². The van der Waals surface area contributed by atoms with Crippen LogP contribution in [-0.4, -0.2) is 48.7 Å². The first kappa shape index (κ1) is 23.7. The van der Waals surface area contributed by atoms with E-state index in [4.69, 9.17) is 11.6 Å². The summed E-state index contributed by atoms with van der Waals surface area (Å²) in [7, 11) is -4.09. The second-order valence-electron chi connectivity index (χ2n) is 6.72. The molecular weight excluding hydrogens is 481 g/mol. The molecule has 1 heterocycles. The molecule has 0 unspecified atom stereocenters. The van der Waals surface area contributed by atoms with Crippen molar-refractivity contribution in [1.82, 2.24) is 4.31 Å². The number of sulfonamides is 1. The molecule has 0 atom stereocenters. The topological polar surface area (TPSA) is 127 Å². The molecule has 0 aromatic heterocycles. The van der Waals surface area contributed by atoms with Crippen LogP contribution in [0.3, 0.4) is 0 Å². The van der Waals surface area contributed by atoms with Crippen molar-refractivity contribution < 1.29 is 31.4 Å². The molecule has 1 aliphatic heterocycles. The molecule has 3 rings (SSSR count). The number of alkyl halides is 3. The molecule has 0 saturated carbocycles. The number of nitro groups is 2. The van der Waals surface area contributed by atoms with Gasteiger partial charge in [0.05, 0.1) is 25.3 Å². The van der Waals surface area contributed by atoms with Gasteiger partial charge in [-0.1, -0.05) is 17.7 Å². The Morgan fingerprint density at radius 2 is 1.59 bits per heavy atom. The molecule has 1 aliphatic rings. The number of piperazine rings is 1. The molecular formula is C17H14ClF3N4O6S. The predicted octanol–water partition coefficient (Wildman–Crippen LogP) is 3.69. The summed E-state index contributed by atoms with van der Waals surface area (Å²) in [6.07, 6.45) is -4.88. The van der Waals surface area contributed by atoms with Crippen LogP contribution in [0.25, 0.3) is 0 Å². The van der Waals surface area contributed by atoms with Crippen LogP contribution in [0.15, 0.2) is 41.3 Å². The number of non-ortho nitro benzene ring substituents is 1. The van der Waals surface area contributed by atoms with Crippen molar-refractivity contribution in [3.63, 3.8) is 0 Å². The highest BCUT2D eigenvalue weighted by Gasteiger charge is 2.38. The van der Waals surface area contributed by atoms with E-state index in [2.05, 4.69) is 0 Å². The van der Waals surface area contributed by atoms with Gasteiger partial charge >= 0.3 is 6.18 Å². The largest absolute Gasteiger partial charge is 0.418 e. The van der Waals surface area contributed by atoms with E-state index in [1.165, 1.54) is 17.0 Å². The van der Waals surface area contributed by atoms with E-state index in [0.717, 1.165) is 22.5 Å². The Labute approximate surface area is 184 Å². The maximum Gasteiger partial charge on any atom is 0.418 e. The van der Waals surface area contributed by atoms with Gasteiger partial charge in [-0.05, 0) is 12.1 Å². The Morgan fingerprint density at radius 3 is 2.12 bits per heavy atom. The lowest BCUT2D eigenvalue weighted by atomic mass is 10.1. The lowest BCUT2D eigenvalue weighted by Crippen LogP contribution is -2.48. The van der Waals surface area contributed by atoms with E-state index in [9.17, 15) is 41.8 Å². The highest BCUT2D eigenvalue weighted by atomic mass is 35.5. The molecule has 0 spiro atoms. The summed E-state index contributed by atoms with van der Waals surface area (Å²) >= 11 is 5.70. The van der Waals surface area contributed by atoms with Gasteiger partial charge in [-0.15, -0.1) is 0 Å². The van der Waals surface area contributed by atoms with E-state index in [1.54, 1.807) is 0 Å². The van der Waals surface area contributed by atoms with E-state index in [0.29, 0.717) is 6.07 Å². The summed E-state index contributed by atoms with van der Waals surface area (Å²) in [6, 6.07) is 5.69. The molecule has 10 nitrogen and oxygen atoms in total. The van der Waals surface area contributed by atoms with Crippen LogP contribution >= 0.6 is 11.6 Å². The number of benzene rings is 2. The lowest BCUT2D eigenvalue weighted by molar-refractivity contribution is -0.385. The van der Waals surface area contributed by atoms with Crippen molar-refractivity contribution in [3.8, 4) is 0 Å². The van der Waals surface area contributed by atoms with Gasteiger partial charge in [0.25, 0.3) is 11.4 Å². The number of rotatable bonds is 5. The number of halogens is 4. The Hall–Kier alpha value is -2.97. The third-order valence-corrected chi connectivity index (χ3v) is 7.02. The van der Waals surface area contributed by atoms with Crippen LogP contribution in [-0.2, 0) is 16.2 Å². The van der Waals surface area contributed by atoms with Crippen LogP contribution < -0.4 is 4.90 Å². The predicted molar refractivity (Wildman–Crippen MR) is 107 cm³/mol. The monoisotopic (exact) mass is 494 g/mol. The second kappa shape index (κ2) is 8.52. The molecule has 0 amide bonds. The van der Waals surface area contributed by atoms with Crippen molar-refractivity contribution in [1.29, 1.82) is 0 Å². The van der Waals surface area contributed by atoms with Gasteiger partial charge in [0.1, 0.15) is 5.69 Å².